The van der Waals surface area contributed by atoms with Gasteiger partial charge in [-0.15, -0.1) is 0 Å². The van der Waals surface area contributed by atoms with Gasteiger partial charge in [0.05, 0.1) is 4.47 Å². The Morgan fingerprint density at radius 1 is 1.21 bits per heavy atom. The predicted octanol–water partition coefficient (Wildman–Crippen LogP) is 3.84. The molecule has 1 saturated heterocycles. The molecule has 33 heavy (non-hydrogen) atoms. The van der Waals surface area contributed by atoms with Crippen molar-refractivity contribution in [1.82, 2.24) is 20.3 Å². The predicted molar refractivity (Wildman–Crippen MR) is 134 cm³/mol. The van der Waals surface area contributed by atoms with Crippen LogP contribution in [0, 0.1) is 16.7 Å². The molecule has 9 heteroatoms. The number of nitriles is 1. The molecule has 1 aliphatic heterocycles. The Morgan fingerprint density at radius 2 is 1.88 bits per heavy atom. The molecule has 0 spiro atoms. The monoisotopic (exact) mass is 513 g/mol. The second-order valence-electron chi connectivity index (χ2n) is 9.44. The highest BCUT2D eigenvalue weighted by atomic mass is 79.9. The third kappa shape index (κ3) is 6.89. The van der Waals surface area contributed by atoms with Crippen LogP contribution in [0.1, 0.15) is 50.3 Å². The topological polar surface area (TPSA) is 88.4 Å². The summed E-state index contributed by atoms with van der Waals surface area (Å²) < 4.78 is 0.601. The van der Waals surface area contributed by atoms with Crippen LogP contribution in [0.4, 0.5) is 11.5 Å². The molecule has 1 fully saturated rings. The number of amides is 1. The molecule has 176 valence electrons. The molecular weight excluding hydrogens is 482 g/mol. The lowest BCUT2D eigenvalue weighted by Gasteiger charge is -2.36. The first-order valence-corrected chi connectivity index (χ1v) is 12.1. The van der Waals surface area contributed by atoms with Crippen molar-refractivity contribution in [2.75, 3.05) is 49.2 Å². The lowest BCUT2D eigenvalue weighted by molar-refractivity contribution is 0.0945. The van der Waals surface area contributed by atoms with E-state index in [0.717, 1.165) is 38.4 Å². The van der Waals surface area contributed by atoms with Gasteiger partial charge in [-0.2, -0.15) is 10.2 Å². The zero-order valence-corrected chi connectivity index (χ0v) is 21.4. The number of carbonyl (C=O) groups is 1. The van der Waals surface area contributed by atoms with Crippen LogP contribution < -0.4 is 15.3 Å². The van der Waals surface area contributed by atoms with Crippen LogP contribution in [-0.4, -0.2) is 60.0 Å². The number of carbonyl (C=O) groups excluding carboxylic acids is 1. The summed E-state index contributed by atoms with van der Waals surface area (Å²) in [6, 6.07) is 9.68. The summed E-state index contributed by atoms with van der Waals surface area (Å²) in [5.41, 5.74) is 4.52. The number of nitrogens with zero attached hydrogens (tertiary/aromatic N) is 6. The maximum absolute atomic E-state index is 13.1. The maximum Gasteiger partial charge on any atom is 0.269 e. The number of aromatic nitrogens is 2. The van der Waals surface area contributed by atoms with Crippen molar-refractivity contribution in [1.29, 1.82) is 5.26 Å². The summed E-state index contributed by atoms with van der Waals surface area (Å²) in [4.78, 5) is 26.2. The average molecular weight is 514 g/mol. The van der Waals surface area contributed by atoms with Crippen molar-refractivity contribution in [3.63, 3.8) is 0 Å². The van der Waals surface area contributed by atoms with Crippen molar-refractivity contribution in [2.24, 2.45) is 5.41 Å². The van der Waals surface area contributed by atoms with Gasteiger partial charge in [-0.05, 0) is 58.6 Å². The van der Waals surface area contributed by atoms with Gasteiger partial charge in [0.2, 0.25) is 5.82 Å². The minimum absolute atomic E-state index is 0.0461. The van der Waals surface area contributed by atoms with Gasteiger partial charge in [0.25, 0.3) is 5.91 Å². The van der Waals surface area contributed by atoms with Gasteiger partial charge in [0.15, 0.2) is 5.82 Å². The van der Waals surface area contributed by atoms with E-state index in [9.17, 15) is 10.1 Å². The second-order valence-corrected chi connectivity index (χ2v) is 10.3. The number of hydrogen-bond donors (Lipinski definition) is 1. The van der Waals surface area contributed by atoms with Crippen molar-refractivity contribution in [3.05, 3.63) is 46.3 Å². The molecule has 0 unspecified atom stereocenters. The first-order valence-electron chi connectivity index (χ1n) is 11.3. The molecule has 0 radical (unpaired) electrons. The molecule has 0 aliphatic carbocycles. The standard InChI is InChI=1S/C24H32BrN7O/c1-5-10-30-11-13-31(14-12-30)19-8-6-18(7-9-19)23(33)29-32(17-24(2,3)4)22-20(25)16-27-21(15-26)28-22/h6-9,16H,5,10-14,17H2,1-4H3,(H,29,33). The van der Waals surface area contributed by atoms with Crippen LogP contribution in [0.3, 0.4) is 0 Å². The molecule has 1 aliphatic rings. The SMILES string of the molecule is CCCN1CCN(c2ccc(C(=O)NN(CC(C)(C)C)c3nc(C#N)ncc3Br)cc2)CC1. The number of halogens is 1. The molecule has 0 atom stereocenters. The summed E-state index contributed by atoms with van der Waals surface area (Å²) >= 11 is 3.45. The summed E-state index contributed by atoms with van der Waals surface area (Å²) in [5, 5.41) is 10.9. The lowest BCUT2D eigenvalue weighted by atomic mass is 9.97. The number of hydrogen-bond acceptors (Lipinski definition) is 7. The Labute approximate surface area is 204 Å². The van der Waals surface area contributed by atoms with Gasteiger partial charge in [0.1, 0.15) is 6.07 Å². The van der Waals surface area contributed by atoms with E-state index in [1.54, 1.807) is 5.01 Å². The molecular formula is C24H32BrN7O. The summed E-state index contributed by atoms with van der Waals surface area (Å²) in [7, 11) is 0. The third-order valence-corrected chi connectivity index (χ3v) is 5.92. The van der Waals surface area contributed by atoms with Crippen LogP contribution in [0.5, 0.6) is 0 Å². The fourth-order valence-corrected chi connectivity index (χ4v) is 4.20. The van der Waals surface area contributed by atoms with Crippen molar-refractivity contribution < 1.29 is 4.79 Å². The lowest BCUT2D eigenvalue weighted by Crippen LogP contribution is -2.47. The summed E-state index contributed by atoms with van der Waals surface area (Å²) in [6.45, 7) is 14.2. The minimum atomic E-state index is -0.234. The van der Waals surface area contributed by atoms with Gasteiger partial charge >= 0.3 is 0 Å². The fourth-order valence-electron chi connectivity index (χ4n) is 3.80. The molecule has 1 aromatic heterocycles. The Hall–Kier alpha value is -2.70. The first kappa shape index (κ1) is 24.9. The van der Waals surface area contributed by atoms with Crippen LogP contribution in [0.15, 0.2) is 34.9 Å². The van der Waals surface area contributed by atoms with Crippen molar-refractivity contribution >= 4 is 33.3 Å². The van der Waals surface area contributed by atoms with Gasteiger partial charge in [-0.3, -0.25) is 20.1 Å². The highest BCUT2D eigenvalue weighted by Gasteiger charge is 2.23. The smallest absolute Gasteiger partial charge is 0.269 e. The molecule has 1 N–H and O–H groups in total. The third-order valence-electron chi connectivity index (χ3n) is 5.36. The molecule has 2 aromatic rings. The Kier molecular flexibility index (Phi) is 8.27. The molecule has 3 rings (SSSR count). The first-order chi connectivity index (χ1) is 15.7. The van der Waals surface area contributed by atoms with Crippen LogP contribution >= 0.6 is 15.9 Å². The summed E-state index contributed by atoms with van der Waals surface area (Å²) in [5.74, 6) is 0.263. The highest BCUT2D eigenvalue weighted by Crippen LogP contribution is 2.26. The van der Waals surface area contributed by atoms with Crippen LogP contribution in [-0.2, 0) is 0 Å². The number of nitrogens with one attached hydrogen (secondary N) is 1. The summed E-state index contributed by atoms with van der Waals surface area (Å²) in [6.07, 6.45) is 2.71. The molecule has 1 amide bonds. The Balaban J connectivity index is 1.73. The normalized spacial score (nSPS) is 14.6. The zero-order valence-electron chi connectivity index (χ0n) is 19.8. The van der Waals surface area contributed by atoms with Gasteiger partial charge in [-0.25, -0.2) is 4.98 Å². The number of anilines is 2. The van der Waals surface area contributed by atoms with E-state index in [1.807, 2.05) is 30.3 Å². The van der Waals surface area contributed by atoms with Gasteiger partial charge < -0.3 is 4.90 Å². The quantitative estimate of drug-likeness (QED) is 0.562. The minimum Gasteiger partial charge on any atom is -0.369 e. The Bertz CT molecular complexity index is 989. The number of rotatable bonds is 7. The molecule has 0 bridgehead atoms. The second kappa shape index (κ2) is 10.9. The Morgan fingerprint density at radius 3 is 2.45 bits per heavy atom. The van der Waals surface area contributed by atoms with Crippen molar-refractivity contribution in [2.45, 2.75) is 34.1 Å². The van der Waals surface area contributed by atoms with E-state index in [1.165, 1.54) is 12.6 Å². The van der Waals surface area contributed by atoms with E-state index in [2.05, 4.69) is 68.8 Å². The van der Waals surface area contributed by atoms with Crippen LogP contribution in [0.2, 0.25) is 0 Å². The van der Waals surface area contributed by atoms with E-state index in [-0.39, 0.29) is 17.1 Å². The average Bonchev–Trinajstić information content (AvgIpc) is 2.79. The van der Waals surface area contributed by atoms with Gasteiger partial charge in [0, 0.05) is 50.2 Å². The molecule has 0 saturated carbocycles. The van der Waals surface area contributed by atoms with E-state index in [0.29, 0.717) is 22.4 Å². The van der Waals surface area contributed by atoms with Crippen LogP contribution in [0.25, 0.3) is 0 Å². The molecule has 8 nitrogen and oxygen atoms in total. The number of benzene rings is 1. The van der Waals surface area contributed by atoms with Crippen molar-refractivity contribution in [3.8, 4) is 6.07 Å². The number of hydrazine groups is 1. The maximum atomic E-state index is 13.1. The van der Waals surface area contributed by atoms with E-state index >= 15 is 0 Å². The number of piperazine rings is 1. The zero-order chi connectivity index (χ0) is 24.0. The molecule has 2 heterocycles. The highest BCUT2D eigenvalue weighted by molar-refractivity contribution is 9.10. The largest absolute Gasteiger partial charge is 0.369 e. The fraction of sp³-hybridized carbons (Fsp3) is 0.500. The van der Waals surface area contributed by atoms with Gasteiger partial charge in [-0.1, -0.05) is 27.7 Å². The van der Waals surface area contributed by atoms with E-state index in [4.69, 9.17) is 0 Å². The molecule has 1 aromatic carbocycles. The van der Waals surface area contributed by atoms with E-state index < -0.39 is 0 Å².